The van der Waals surface area contributed by atoms with Crippen molar-refractivity contribution in [2.45, 2.75) is 6.54 Å². The molecule has 0 bridgehead atoms. The first-order chi connectivity index (χ1) is 8.29. The predicted octanol–water partition coefficient (Wildman–Crippen LogP) is 0.505. The molecule has 1 amide bonds. The Bertz CT molecular complexity index is 477. The zero-order chi connectivity index (χ0) is 12.1. The van der Waals surface area contributed by atoms with E-state index in [4.69, 9.17) is 4.74 Å². The monoisotopic (exact) mass is 235 g/mol. The second kappa shape index (κ2) is 5.26. The van der Waals surface area contributed by atoms with Crippen LogP contribution in [0.15, 0.2) is 24.8 Å². The molecule has 2 rings (SSSR count). The van der Waals surface area contributed by atoms with Gasteiger partial charge in [-0.05, 0) is 0 Å². The molecule has 2 heterocycles. The first-order valence-corrected chi connectivity index (χ1v) is 5.11. The number of carbonyl (C=O) groups excluding carboxylic acids is 1. The van der Waals surface area contributed by atoms with E-state index in [-0.39, 0.29) is 5.91 Å². The van der Waals surface area contributed by atoms with Crippen molar-refractivity contribution in [3.05, 3.63) is 30.4 Å². The van der Waals surface area contributed by atoms with E-state index in [1.807, 2.05) is 0 Å². The van der Waals surface area contributed by atoms with Crippen LogP contribution in [0.1, 0.15) is 10.4 Å². The van der Waals surface area contributed by atoms with Gasteiger partial charge in [0.1, 0.15) is 0 Å². The molecule has 0 aromatic carbocycles. The van der Waals surface area contributed by atoms with Crippen molar-refractivity contribution >= 4 is 11.6 Å². The standard InChI is InChI=1S/C10H13N5O2/c1-17-3-2-15-7-9(6-13-15)14-10(16)8-4-11-12-5-8/h4-7H,2-3H2,1H3,(H,11,12)(H,14,16). The van der Waals surface area contributed by atoms with E-state index in [0.29, 0.717) is 24.4 Å². The molecule has 0 fully saturated rings. The Kier molecular flexibility index (Phi) is 3.51. The normalized spacial score (nSPS) is 10.4. The largest absolute Gasteiger partial charge is 0.383 e. The summed E-state index contributed by atoms with van der Waals surface area (Å²) < 4.78 is 6.64. The Morgan fingerprint density at radius 2 is 2.47 bits per heavy atom. The summed E-state index contributed by atoms with van der Waals surface area (Å²) in [5.41, 5.74) is 1.13. The van der Waals surface area contributed by atoms with Crippen LogP contribution in [0, 0.1) is 0 Å². The first-order valence-electron chi connectivity index (χ1n) is 5.11. The zero-order valence-corrected chi connectivity index (χ0v) is 9.38. The van der Waals surface area contributed by atoms with Gasteiger partial charge in [-0.15, -0.1) is 0 Å². The highest BCUT2D eigenvalue weighted by molar-refractivity contribution is 6.03. The van der Waals surface area contributed by atoms with Crippen LogP contribution in [-0.2, 0) is 11.3 Å². The number of amides is 1. The lowest BCUT2D eigenvalue weighted by atomic mass is 10.3. The van der Waals surface area contributed by atoms with Crippen LogP contribution in [-0.4, -0.2) is 39.6 Å². The summed E-state index contributed by atoms with van der Waals surface area (Å²) in [5.74, 6) is -0.218. The molecule has 0 radical (unpaired) electrons. The summed E-state index contributed by atoms with van der Waals surface area (Å²) in [4.78, 5) is 11.7. The fourth-order valence-corrected chi connectivity index (χ4v) is 1.31. The molecular formula is C10H13N5O2. The van der Waals surface area contributed by atoms with Crippen LogP contribution in [0.4, 0.5) is 5.69 Å². The van der Waals surface area contributed by atoms with Gasteiger partial charge in [-0.3, -0.25) is 14.6 Å². The Balaban J connectivity index is 1.95. The SMILES string of the molecule is COCCn1cc(NC(=O)c2cn[nH]c2)cn1. The molecule has 2 aromatic heterocycles. The fourth-order valence-electron chi connectivity index (χ4n) is 1.31. The first kappa shape index (κ1) is 11.3. The van der Waals surface area contributed by atoms with Crippen LogP contribution in [0.2, 0.25) is 0 Å². The van der Waals surface area contributed by atoms with Crippen molar-refractivity contribution < 1.29 is 9.53 Å². The summed E-state index contributed by atoms with van der Waals surface area (Å²) in [6.45, 7) is 1.23. The Morgan fingerprint density at radius 1 is 1.59 bits per heavy atom. The molecule has 0 aliphatic rings. The maximum atomic E-state index is 11.7. The third-order valence-electron chi connectivity index (χ3n) is 2.18. The van der Waals surface area contributed by atoms with Crippen molar-refractivity contribution in [1.82, 2.24) is 20.0 Å². The van der Waals surface area contributed by atoms with Gasteiger partial charge in [0, 0.05) is 19.5 Å². The molecule has 0 spiro atoms. The minimum absolute atomic E-state index is 0.218. The Hall–Kier alpha value is -2.15. The molecule has 90 valence electrons. The number of rotatable bonds is 5. The number of nitrogens with one attached hydrogen (secondary N) is 2. The number of anilines is 1. The second-order valence-electron chi connectivity index (χ2n) is 3.43. The third kappa shape index (κ3) is 2.91. The van der Waals surface area contributed by atoms with E-state index in [0.717, 1.165) is 0 Å². The molecule has 7 nitrogen and oxygen atoms in total. The Morgan fingerprint density at radius 3 is 3.18 bits per heavy atom. The third-order valence-corrected chi connectivity index (χ3v) is 2.18. The average Bonchev–Trinajstić information content (AvgIpc) is 2.97. The predicted molar refractivity (Wildman–Crippen MR) is 60.6 cm³/mol. The highest BCUT2D eigenvalue weighted by Gasteiger charge is 2.08. The summed E-state index contributed by atoms with van der Waals surface area (Å²) >= 11 is 0. The molecule has 0 saturated carbocycles. The number of hydrogen-bond donors (Lipinski definition) is 2. The van der Waals surface area contributed by atoms with E-state index in [9.17, 15) is 4.79 Å². The van der Waals surface area contributed by atoms with E-state index >= 15 is 0 Å². The second-order valence-corrected chi connectivity index (χ2v) is 3.43. The lowest BCUT2D eigenvalue weighted by molar-refractivity contribution is 0.102. The van der Waals surface area contributed by atoms with Gasteiger partial charge in [-0.2, -0.15) is 10.2 Å². The average molecular weight is 235 g/mol. The molecule has 2 N–H and O–H groups in total. The van der Waals surface area contributed by atoms with Crippen molar-refractivity contribution in [1.29, 1.82) is 0 Å². The van der Waals surface area contributed by atoms with Crippen LogP contribution in [0.5, 0.6) is 0 Å². The van der Waals surface area contributed by atoms with Gasteiger partial charge >= 0.3 is 0 Å². The number of aromatic amines is 1. The molecule has 2 aromatic rings. The molecule has 0 aliphatic carbocycles. The lowest BCUT2D eigenvalue weighted by Crippen LogP contribution is -2.10. The number of hydrogen-bond acceptors (Lipinski definition) is 4. The number of methoxy groups -OCH3 is 1. The molecule has 0 aliphatic heterocycles. The molecule has 0 saturated heterocycles. The molecule has 7 heteroatoms. The molecular weight excluding hydrogens is 222 g/mol. The Labute approximate surface area is 97.8 Å². The van der Waals surface area contributed by atoms with Crippen LogP contribution < -0.4 is 5.32 Å². The quantitative estimate of drug-likeness (QED) is 0.790. The highest BCUT2D eigenvalue weighted by Crippen LogP contribution is 2.07. The van der Waals surface area contributed by atoms with Gasteiger partial charge in [-0.1, -0.05) is 0 Å². The number of nitrogens with zero attached hydrogens (tertiary/aromatic N) is 3. The van der Waals surface area contributed by atoms with Crippen molar-refractivity contribution in [3.8, 4) is 0 Å². The smallest absolute Gasteiger partial charge is 0.258 e. The fraction of sp³-hybridized carbons (Fsp3) is 0.300. The molecule has 0 unspecified atom stereocenters. The van der Waals surface area contributed by atoms with Crippen molar-refractivity contribution in [2.24, 2.45) is 0 Å². The van der Waals surface area contributed by atoms with Gasteiger partial charge < -0.3 is 10.1 Å². The lowest BCUT2D eigenvalue weighted by Gasteiger charge is -1.99. The van der Waals surface area contributed by atoms with Crippen LogP contribution in [0.3, 0.4) is 0 Å². The van der Waals surface area contributed by atoms with Gasteiger partial charge in [0.2, 0.25) is 0 Å². The summed E-state index contributed by atoms with van der Waals surface area (Å²) in [5, 5.41) is 13.1. The minimum Gasteiger partial charge on any atom is -0.383 e. The highest BCUT2D eigenvalue weighted by atomic mass is 16.5. The maximum Gasteiger partial charge on any atom is 0.258 e. The van der Waals surface area contributed by atoms with Crippen molar-refractivity contribution in [3.63, 3.8) is 0 Å². The number of aromatic nitrogens is 4. The summed E-state index contributed by atoms with van der Waals surface area (Å²) in [6.07, 6.45) is 6.33. The summed E-state index contributed by atoms with van der Waals surface area (Å²) in [6, 6.07) is 0. The van der Waals surface area contributed by atoms with Crippen LogP contribution >= 0.6 is 0 Å². The number of ether oxygens (including phenoxy) is 1. The van der Waals surface area contributed by atoms with E-state index in [1.165, 1.54) is 12.4 Å². The van der Waals surface area contributed by atoms with Crippen LogP contribution in [0.25, 0.3) is 0 Å². The maximum absolute atomic E-state index is 11.7. The van der Waals surface area contributed by atoms with E-state index in [1.54, 1.807) is 24.2 Å². The van der Waals surface area contributed by atoms with Gasteiger partial charge in [0.05, 0.1) is 36.8 Å². The van der Waals surface area contributed by atoms with Gasteiger partial charge in [0.25, 0.3) is 5.91 Å². The molecule has 17 heavy (non-hydrogen) atoms. The van der Waals surface area contributed by atoms with E-state index in [2.05, 4.69) is 20.6 Å². The van der Waals surface area contributed by atoms with Gasteiger partial charge in [0.15, 0.2) is 0 Å². The number of carbonyl (C=O) groups is 1. The molecule has 0 atom stereocenters. The van der Waals surface area contributed by atoms with Crippen molar-refractivity contribution in [2.75, 3.05) is 19.0 Å². The summed E-state index contributed by atoms with van der Waals surface area (Å²) in [7, 11) is 1.63. The topological polar surface area (TPSA) is 84.8 Å². The minimum atomic E-state index is -0.218. The van der Waals surface area contributed by atoms with Gasteiger partial charge in [-0.25, -0.2) is 0 Å². The number of H-pyrrole nitrogens is 1. The van der Waals surface area contributed by atoms with E-state index < -0.39 is 0 Å². The zero-order valence-electron chi connectivity index (χ0n) is 9.38.